The van der Waals surface area contributed by atoms with Gasteiger partial charge in [-0.2, -0.15) is 0 Å². The van der Waals surface area contributed by atoms with Crippen LogP contribution < -0.4 is 4.90 Å². The molecule has 0 saturated heterocycles. The third kappa shape index (κ3) is 10.7. The zero-order chi connectivity index (χ0) is 24.3. The van der Waals surface area contributed by atoms with E-state index in [9.17, 15) is 30.3 Å². The van der Waals surface area contributed by atoms with Crippen LogP contribution >= 0.6 is 7.81 Å². The van der Waals surface area contributed by atoms with Crippen LogP contribution in [0, 0.1) is 5.92 Å². The van der Waals surface area contributed by atoms with Crippen LogP contribution in [0.1, 0.15) is 70.9 Å². The Kier molecular flexibility index (Phi) is 8.27. The number of anilines is 1. The Morgan fingerprint density at radius 2 is 1.39 bits per heavy atom. The van der Waals surface area contributed by atoms with Crippen molar-refractivity contribution in [3.63, 3.8) is 0 Å². The fourth-order valence-electron chi connectivity index (χ4n) is 3.67. The minimum atomic E-state index is -10.7. The molecule has 0 amide bonds. The number of halogens is 6. The van der Waals surface area contributed by atoms with E-state index >= 15 is 0 Å². The third-order valence-corrected chi connectivity index (χ3v) is 4.94. The van der Waals surface area contributed by atoms with Crippen LogP contribution in [0.5, 0.6) is 0 Å². The second kappa shape index (κ2) is 9.26. The maximum absolute atomic E-state index is 10.7. The Hall–Kier alpha value is -1.34. The van der Waals surface area contributed by atoms with E-state index in [1.807, 2.05) is 0 Å². The molecule has 1 heterocycles. The minimum absolute atomic E-state index is 0.226. The van der Waals surface area contributed by atoms with Gasteiger partial charge in [0.1, 0.15) is 24.8 Å². The molecule has 1 aromatic carbocycles. The van der Waals surface area contributed by atoms with E-state index in [1.165, 1.54) is 16.8 Å². The van der Waals surface area contributed by atoms with Gasteiger partial charge in [0.25, 0.3) is 0 Å². The number of hydrogen-bond acceptors (Lipinski definition) is 2. The summed E-state index contributed by atoms with van der Waals surface area (Å²) in [5.41, 5.74) is 4.22. The van der Waals surface area contributed by atoms with Crippen LogP contribution in [0.4, 0.5) is 30.9 Å². The average Bonchev–Trinajstić information content (AvgIpc) is 3.05. The molecule has 3 nitrogen and oxygen atoms in total. The van der Waals surface area contributed by atoms with Crippen molar-refractivity contribution in [1.29, 1.82) is 0 Å². The summed E-state index contributed by atoms with van der Waals surface area (Å²) in [7, 11) is -10.7. The van der Waals surface area contributed by atoms with Crippen LogP contribution in [-0.2, 0) is 0 Å². The van der Waals surface area contributed by atoms with Gasteiger partial charge in [0, 0.05) is 11.1 Å². The molecule has 1 N–H and O–H groups in total. The van der Waals surface area contributed by atoms with Crippen molar-refractivity contribution in [2.75, 3.05) is 24.6 Å². The molecule has 1 aliphatic heterocycles. The van der Waals surface area contributed by atoms with E-state index in [4.69, 9.17) is 0 Å². The van der Waals surface area contributed by atoms with Crippen LogP contribution in [0.25, 0.3) is 0 Å². The maximum atomic E-state index is 9.87. The summed E-state index contributed by atoms with van der Waals surface area (Å²) in [6.07, 6.45) is 3.28. The first-order valence-electron chi connectivity index (χ1n) is 10.5. The molecule has 0 spiro atoms. The van der Waals surface area contributed by atoms with Gasteiger partial charge in [-0.15, -0.1) is 0 Å². The predicted molar refractivity (Wildman–Crippen MR) is 117 cm³/mol. The van der Waals surface area contributed by atoms with Gasteiger partial charge in [-0.1, -0.05) is 59.7 Å². The summed E-state index contributed by atoms with van der Waals surface area (Å²) in [6.45, 7) is 15.7. The van der Waals surface area contributed by atoms with Crippen LogP contribution in [0.3, 0.4) is 0 Å². The second-order valence-electron chi connectivity index (χ2n) is 9.07. The summed E-state index contributed by atoms with van der Waals surface area (Å²) in [5.74, 6) is 1.61. The molecule has 0 radical (unpaired) electrons. The molecule has 1 atom stereocenters. The normalized spacial score (nSPS) is 17.9. The van der Waals surface area contributed by atoms with Gasteiger partial charge >= 0.3 is 33.0 Å². The van der Waals surface area contributed by atoms with Crippen molar-refractivity contribution in [3.05, 3.63) is 29.3 Å². The number of rotatable bonds is 7. The summed E-state index contributed by atoms with van der Waals surface area (Å²) in [4.78, 5) is 2.41. The molecule has 31 heavy (non-hydrogen) atoms. The van der Waals surface area contributed by atoms with Crippen molar-refractivity contribution < 1.29 is 34.9 Å². The molecular weight excluding hydrogens is 441 g/mol. The van der Waals surface area contributed by atoms with Gasteiger partial charge in [0.2, 0.25) is 6.34 Å². The number of aliphatic hydroxyl groups is 1. The molecular formula is C21H35F6N2OP. The van der Waals surface area contributed by atoms with E-state index in [0.717, 1.165) is 19.5 Å². The van der Waals surface area contributed by atoms with Crippen LogP contribution in [-0.4, -0.2) is 41.8 Å². The van der Waals surface area contributed by atoms with Crippen molar-refractivity contribution in [3.8, 4) is 0 Å². The molecule has 0 aromatic heterocycles. The molecule has 0 bridgehead atoms. The predicted octanol–water partition coefficient (Wildman–Crippen LogP) is 7.58. The quantitative estimate of drug-likeness (QED) is 0.249. The average molecular weight is 476 g/mol. The molecule has 0 saturated carbocycles. The standard InChI is InChI=1S/C21H35N2O.F6P/c1-15(2)12-18(13-24)22-10-11-23(14-22)21-19(16(3)4)8-7-9-20(21)17(5)6;1-7(2,3,4,5)6/h7-9,14-18,24H,10-13H2,1-6H3;/q+1;-1. The Labute approximate surface area is 181 Å². The van der Waals surface area contributed by atoms with Gasteiger partial charge in [-0.3, -0.25) is 4.58 Å². The van der Waals surface area contributed by atoms with Crippen molar-refractivity contribution in [2.45, 2.75) is 65.8 Å². The summed E-state index contributed by atoms with van der Waals surface area (Å²) < 4.78 is 61.5. The fraction of sp³-hybridized carbons (Fsp3) is 0.667. The van der Waals surface area contributed by atoms with Crippen molar-refractivity contribution >= 4 is 19.8 Å². The number of para-hydroxylation sites is 1. The number of nitrogens with zero attached hydrogens (tertiary/aromatic N) is 2. The number of aliphatic hydroxyl groups excluding tert-OH is 1. The van der Waals surface area contributed by atoms with Crippen LogP contribution in [0.2, 0.25) is 0 Å². The Morgan fingerprint density at radius 3 is 1.74 bits per heavy atom. The molecule has 182 valence electrons. The zero-order valence-corrected chi connectivity index (χ0v) is 19.9. The molecule has 1 aliphatic rings. The van der Waals surface area contributed by atoms with Gasteiger partial charge in [-0.05, 0) is 24.2 Å². The van der Waals surface area contributed by atoms with Gasteiger partial charge in [0.05, 0.1) is 6.61 Å². The van der Waals surface area contributed by atoms with E-state index < -0.39 is 7.81 Å². The summed E-state index contributed by atoms with van der Waals surface area (Å²) in [6, 6.07) is 6.95. The van der Waals surface area contributed by atoms with Crippen molar-refractivity contribution in [1.82, 2.24) is 0 Å². The Morgan fingerprint density at radius 1 is 0.935 bits per heavy atom. The molecule has 2 rings (SSSR count). The van der Waals surface area contributed by atoms with Crippen LogP contribution in [0.15, 0.2) is 18.2 Å². The zero-order valence-electron chi connectivity index (χ0n) is 19.0. The molecule has 10 heteroatoms. The van der Waals surface area contributed by atoms with Crippen molar-refractivity contribution in [2.24, 2.45) is 5.92 Å². The van der Waals surface area contributed by atoms with Gasteiger partial charge in [-0.25, -0.2) is 4.90 Å². The summed E-state index contributed by atoms with van der Waals surface area (Å²) in [5, 5.41) is 9.80. The first kappa shape index (κ1) is 27.7. The molecule has 1 unspecified atom stereocenters. The fourth-order valence-corrected chi connectivity index (χ4v) is 3.67. The SMILES string of the molecule is CC(C)CC(CO)[N+]1=CN(c2c(C(C)C)cccc2C(C)C)CC1.F[P-](F)(F)(F)(F)F. The molecule has 0 aliphatic carbocycles. The van der Waals surface area contributed by atoms with Gasteiger partial charge < -0.3 is 5.11 Å². The third-order valence-electron chi connectivity index (χ3n) is 4.94. The van der Waals surface area contributed by atoms with E-state index in [1.54, 1.807) is 0 Å². The summed E-state index contributed by atoms with van der Waals surface area (Å²) >= 11 is 0. The molecule has 0 fully saturated rings. The topological polar surface area (TPSA) is 26.5 Å². The second-order valence-corrected chi connectivity index (χ2v) is 11.0. The number of hydrogen-bond donors (Lipinski definition) is 1. The first-order chi connectivity index (χ1) is 13.8. The van der Waals surface area contributed by atoms with E-state index in [0.29, 0.717) is 17.8 Å². The molecule has 1 aromatic rings. The number of benzene rings is 1. The van der Waals surface area contributed by atoms with E-state index in [2.05, 4.69) is 75.6 Å². The van der Waals surface area contributed by atoms with Gasteiger partial charge in [0.15, 0.2) is 0 Å². The monoisotopic (exact) mass is 476 g/mol. The van der Waals surface area contributed by atoms with E-state index in [-0.39, 0.29) is 12.6 Å². The Bertz CT molecular complexity index is 738. The Balaban J connectivity index is 0.000000592. The first-order valence-corrected chi connectivity index (χ1v) is 12.5.